The molecule has 0 atom stereocenters. The Morgan fingerprint density at radius 3 is 2.46 bits per heavy atom. The number of fused-ring (bicyclic) bond motifs is 1. The maximum Gasteiger partial charge on any atom is 0.0818 e. The van der Waals surface area contributed by atoms with E-state index in [4.69, 9.17) is 0 Å². The molecule has 0 amide bonds. The number of carbonyl (C=O) groups is 1. The molecule has 0 unspecified atom stereocenters. The third-order valence-corrected chi connectivity index (χ3v) is 6.78. The minimum atomic E-state index is -1.06. The van der Waals surface area contributed by atoms with Crippen LogP contribution in [0.1, 0.15) is 27.7 Å². The number of carbonyl (C=O) groups excluding carboxylic acids is 1. The lowest BCUT2D eigenvalue weighted by molar-refractivity contribution is -0.254. The van der Waals surface area contributed by atoms with E-state index >= 15 is 0 Å². The van der Waals surface area contributed by atoms with E-state index in [0.717, 1.165) is 54.8 Å². The third kappa shape index (κ3) is 3.77. The van der Waals surface area contributed by atoms with Crippen LogP contribution in [0.25, 0.3) is 10.1 Å². The summed E-state index contributed by atoms with van der Waals surface area (Å²) < 4.78 is 1.04. The maximum atomic E-state index is 11.5. The molecule has 0 aliphatic carbocycles. The second-order valence-corrected chi connectivity index (χ2v) is 8.32. The molecular weight excluding hydrogens is 368 g/mol. The molecule has 0 N–H and O–H groups in total. The first-order chi connectivity index (χ1) is 13.7. The fraction of sp³-hybridized carbons (Fsp3) is 0.348. The predicted molar refractivity (Wildman–Crippen MR) is 114 cm³/mol. The summed E-state index contributed by atoms with van der Waals surface area (Å²) in [4.78, 5) is 16.9. The lowest BCUT2D eigenvalue weighted by Gasteiger charge is -2.36. The van der Waals surface area contributed by atoms with Crippen molar-refractivity contribution in [2.24, 2.45) is 0 Å². The molecule has 1 aromatic heterocycles. The Hall–Kier alpha value is -2.37. The van der Waals surface area contributed by atoms with Gasteiger partial charge in [-0.05, 0) is 36.1 Å². The van der Waals surface area contributed by atoms with Crippen LogP contribution in [0.4, 0.5) is 5.69 Å². The molecule has 1 saturated heterocycles. The lowest BCUT2D eigenvalue weighted by atomic mass is 10.0. The van der Waals surface area contributed by atoms with Crippen molar-refractivity contribution in [2.45, 2.75) is 19.8 Å². The summed E-state index contributed by atoms with van der Waals surface area (Å²) in [7, 11) is 0. The highest BCUT2D eigenvalue weighted by Crippen LogP contribution is 2.38. The Kier molecular flexibility index (Phi) is 5.64. The van der Waals surface area contributed by atoms with E-state index < -0.39 is 5.97 Å². The first-order valence-electron chi connectivity index (χ1n) is 9.94. The molecule has 1 aliphatic heterocycles. The van der Waals surface area contributed by atoms with Gasteiger partial charge in [-0.25, -0.2) is 0 Å². The van der Waals surface area contributed by atoms with Gasteiger partial charge in [-0.1, -0.05) is 43.3 Å². The summed E-state index contributed by atoms with van der Waals surface area (Å²) >= 11 is 1.34. The standard InChI is InChI=1S/C23H26N2O2S/c1-2-18-21-19(9-6-10-20(21)28-22(18)23(26)27)25-15-13-24(14-16-25)12-11-17-7-4-3-5-8-17/h3-10H,2,11-16H2,1H3,(H,26,27)/p-1. The number of carboxylic acid groups (broad SMARTS) is 1. The first kappa shape index (κ1) is 19.0. The van der Waals surface area contributed by atoms with E-state index in [1.165, 1.54) is 22.6 Å². The van der Waals surface area contributed by atoms with Crippen LogP contribution < -0.4 is 10.0 Å². The summed E-state index contributed by atoms with van der Waals surface area (Å²) in [6, 6.07) is 16.8. The molecule has 5 heteroatoms. The van der Waals surface area contributed by atoms with E-state index in [1.54, 1.807) is 0 Å². The van der Waals surface area contributed by atoms with Crippen LogP contribution in [-0.2, 0) is 12.8 Å². The predicted octanol–water partition coefficient (Wildman–Crippen LogP) is 3.19. The van der Waals surface area contributed by atoms with Gasteiger partial charge in [-0.15, -0.1) is 11.3 Å². The smallest absolute Gasteiger partial charge is 0.0818 e. The van der Waals surface area contributed by atoms with Gasteiger partial charge in [-0.2, -0.15) is 0 Å². The largest absolute Gasteiger partial charge is 0.544 e. The van der Waals surface area contributed by atoms with Crippen molar-refractivity contribution in [1.82, 2.24) is 4.90 Å². The van der Waals surface area contributed by atoms with Crippen molar-refractivity contribution < 1.29 is 9.90 Å². The second-order valence-electron chi connectivity index (χ2n) is 7.27. The van der Waals surface area contributed by atoms with Crippen molar-refractivity contribution in [2.75, 3.05) is 37.6 Å². The van der Waals surface area contributed by atoms with Gasteiger partial charge >= 0.3 is 0 Å². The highest BCUT2D eigenvalue weighted by Gasteiger charge is 2.21. The van der Waals surface area contributed by atoms with Crippen molar-refractivity contribution in [3.63, 3.8) is 0 Å². The Morgan fingerprint density at radius 1 is 1.04 bits per heavy atom. The number of rotatable bonds is 6. The minimum absolute atomic E-state index is 0.381. The molecule has 4 rings (SSSR count). The maximum absolute atomic E-state index is 11.5. The van der Waals surface area contributed by atoms with E-state index in [-0.39, 0.29) is 0 Å². The van der Waals surface area contributed by atoms with Gasteiger partial charge in [0.1, 0.15) is 0 Å². The molecule has 4 nitrogen and oxygen atoms in total. The van der Waals surface area contributed by atoms with Crippen LogP contribution in [0.5, 0.6) is 0 Å². The first-order valence-corrected chi connectivity index (χ1v) is 10.8. The molecule has 2 heterocycles. The number of piperazine rings is 1. The van der Waals surface area contributed by atoms with Gasteiger partial charge in [0, 0.05) is 48.5 Å². The number of thiophene rings is 1. The molecule has 0 spiro atoms. The lowest BCUT2D eigenvalue weighted by Crippen LogP contribution is -2.47. The number of hydrogen-bond donors (Lipinski definition) is 0. The molecule has 28 heavy (non-hydrogen) atoms. The number of hydrogen-bond acceptors (Lipinski definition) is 5. The summed E-state index contributed by atoms with van der Waals surface area (Å²) in [5, 5.41) is 12.7. The second kappa shape index (κ2) is 8.33. The number of carboxylic acids is 1. The molecule has 1 fully saturated rings. The van der Waals surface area contributed by atoms with Crippen LogP contribution in [-0.4, -0.2) is 43.6 Å². The number of benzene rings is 2. The summed E-state index contributed by atoms with van der Waals surface area (Å²) in [5.74, 6) is -1.06. The summed E-state index contributed by atoms with van der Waals surface area (Å²) in [6.07, 6.45) is 1.78. The zero-order valence-corrected chi connectivity index (χ0v) is 17.0. The van der Waals surface area contributed by atoms with Gasteiger partial charge in [0.05, 0.1) is 10.8 Å². The summed E-state index contributed by atoms with van der Waals surface area (Å²) in [5.41, 5.74) is 3.47. The molecule has 0 saturated carbocycles. The van der Waals surface area contributed by atoms with Crippen LogP contribution >= 0.6 is 11.3 Å². The zero-order valence-electron chi connectivity index (χ0n) is 16.2. The van der Waals surface area contributed by atoms with Gasteiger partial charge < -0.3 is 14.8 Å². The quantitative estimate of drug-likeness (QED) is 0.645. The molecule has 0 bridgehead atoms. The molecule has 2 aromatic carbocycles. The number of anilines is 1. The van der Waals surface area contributed by atoms with E-state index in [9.17, 15) is 9.90 Å². The molecule has 3 aromatic rings. The molecule has 0 radical (unpaired) electrons. The van der Waals surface area contributed by atoms with Crippen molar-refractivity contribution in [3.05, 3.63) is 64.5 Å². The average Bonchev–Trinajstić information content (AvgIpc) is 3.13. The van der Waals surface area contributed by atoms with Gasteiger partial charge in [-0.3, -0.25) is 4.90 Å². The number of aromatic carboxylic acids is 1. The van der Waals surface area contributed by atoms with Crippen LogP contribution in [0.2, 0.25) is 0 Å². The van der Waals surface area contributed by atoms with Crippen LogP contribution in [0, 0.1) is 0 Å². The SMILES string of the molecule is CCc1c(C(=O)[O-])sc2cccc(N3CCN(CCc4ccccc4)CC3)c12. The highest BCUT2D eigenvalue weighted by atomic mass is 32.1. The average molecular weight is 394 g/mol. The molecular formula is C23H25N2O2S-. The van der Waals surface area contributed by atoms with E-state index in [2.05, 4.69) is 46.2 Å². The number of aryl methyl sites for hydroxylation is 1. The Bertz CT molecular complexity index is 959. The Labute approximate surface area is 170 Å². The van der Waals surface area contributed by atoms with Gasteiger partial charge in [0.25, 0.3) is 0 Å². The minimum Gasteiger partial charge on any atom is -0.544 e. The van der Waals surface area contributed by atoms with Crippen LogP contribution in [0.15, 0.2) is 48.5 Å². The third-order valence-electron chi connectivity index (χ3n) is 5.60. The van der Waals surface area contributed by atoms with Crippen molar-refractivity contribution in [1.29, 1.82) is 0 Å². The fourth-order valence-electron chi connectivity index (χ4n) is 4.10. The normalized spacial score (nSPS) is 15.2. The Morgan fingerprint density at radius 2 is 1.79 bits per heavy atom. The highest BCUT2D eigenvalue weighted by molar-refractivity contribution is 7.21. The van der Waals surface area contributed by atoms with Crippen LogP contribution in [0.3, 0.4) is 0 Å². The zero-order chi connectivity index (χ0) is 19.5. The molecule has 1 aliphatic rings. The van der Waals surface area contributed by atoms with Gasteiger partial charge in [0.15, 0.2) is 0 Å². The topological polar surface area (TPSA) is 46.6 Å². The monoisotopic (exact) mass is 393 g/mol. The van der Waals surface area contributed by atoms with Gasteiger partial charge in [0.2, 0.25) is 0 Å². The van der Waals surface area contributed by atoms with Crippen molar-refractivity contribution >= 4 is 33.1 Å². The van der Waals surface area contributed by atoms with E-state index in [1.807, 2.05) is 19.1 Å². The number of nitrogens with zero attached hydrogens (tertiary/aromatic N) is 2. The Balaban J connectivity index is 1.49. The van der Waals surface area contributed by atoms with E-state index in [0.29, 0.717) is 11.3 Å². The fourth-order valence-corrected chi connectivity index (χ4v) is 5.25. The summed E-state index contributed by atoms with van der Waals surface area (Å²) in [6.45, 7) is 7.09. The van der Waals surface area contributed by atoms with Crippen molar-refractivity contribution in [3.8, 4) is 0 Å². The molecule has 146 valence electrons.